The van der Waals surface area contributed by atoms with Gasteiger partial charge in [-0.05, 0) is 17.7 Å². The Morgan fingerprint density at radius 3 is 2.47 bits per heavy atom. The van der Waals surface area contributed by atoms with Crippen molar-refractivity contribution in [2.45, 2.75) is 13.1 Å². The molecule has 2 rings (SSSR count). The first kappa shape index (κ1) is 13.5. The zero-order valence-electron chi connectivity index (χ0n) is 10.7. The van der Waals surface area contributed by atoms with Crippen molar-refractivity contribution in [2.24, 2.45) is 0 Å². The van der Waals surface area contributed by atoms with Gasteiger partial charge in [-0.2, -0.15) is 0 Å². The van der Waals surface area contributed by atoms with Crippen molar-refractivity contribution in [3.05, 3.63) is 59.9 Å². The summed E-state index contributed by atoms with van der Waals surface area (Å²) >= 11 is 0. The van der Waals surface area contributed by atoms with Gasteiger partial charge in [-0.3, -0.25) is 9.88 Å². The summed E-state index contributed by atoms with van der Waals surface area (Å²) in [4.78, 5) is 6.22. The Hall–Kier alpha value is -1.91. The molecule has 4 heteroatoms. The first-order valence-electron chi connectivity index (χ1n) is 6.29. The Labute approximate surface area is 113 Å². The van der Waals surface area contributed by atoms with Gasteiger partial charge in [0.1, 0.15) is 5.75 Å². The minimum atomic E-state index is 0.0838. The summed E-state index contributed by atoms with van der Waals surface area (Å²) in [5, 5.41) is 18.9. The van der Waals surface area contributed by atoms with E-state index in [0.717, 1.165) is 6.54 Å². The zero-order valence-corrected chi connectivity index (χ0v) is 10.7. The first-order chi connectivity index (χ1) is 9.29. The molecule has 100 valence electrons. The summed E-state index contributed by atoms with van der Waals surface area (Å²) in [5.41, 5.74) is 1.80. The number of aliphatic hydroxyl groups is 1. The highest BCUT2D eigenvalue weighted by Crippen LogP contribution is 2.16. The molecule has 2 aromatic rings. The third-order valence-electron chi connectivity index (χ3n) is 2.90. The summed E-state index contributed by atoms with van der Waals surface area (Å²) in [6, 6.07) is 13.4. The second kappa shape index (κ2) is 6.87. The van der Waals surface area contributed by atoms with Crippen molar-refractivity contribution in [3.63, 3.8) is 0 Å². The predicted octanol–water partition coefficient (Wildman–Crippen LogP) is 1.78. The van der Waals surface area contributed by atoms with Gasteiger partial charge >= 0.3 is 0 Å². The lowest BCUT2D eigenvalue weighted by molar-refractivity contribution is 0.181. The van der Waals surface area contributed by atoms with Crippen LogP contribution in [-0.2, 0) is 13.1 Å². The molecule has 1 aromatic carbocycles. The van der Waals surface area contributed by atoms with Gasteiger partial charge < -0.3 is 10.2 Å². The van der Waals surface area contributed by atoms with E-state index in [1.54, 1.807) is 18.3 Å². The smallest absolute Gasteiger partial charge is 0.138 e. The molecule has 0 saturated carbocycles. The van der Waals surface area contributed by atoms with Crippen LogP contribution in [0.3, 0.4) is 0 Å². The fourth-order valence-electron chi connectivity index (χ4n) is 1.96. The number of hydrogen-bond acceptors (Lipinski definition) is 4. The van der Waals surface area contributed by atoms with Crippen molar-refractivity contribution in [1.29, 1.82) is 0 Å². The minimum absolute atomic E-state index is 0.0838. The minimum Gasteiger partial charge on any atom is -0.506 e. The van der Waals surface area contributed by atoms with Crippen LogP contribution in [0.1, 0.15) is 11.3 Å². The quantitative estimate of drug-likeness (QED) is 0.829. The topological polar surface area (TPSA) is 56.6 Å². The molecular weight excluding hydrogens is 240 g/mol. The maximum absolute atomic E-state index is 9.74. The van der Waals surface area contributed by atoms with Crippen molar-refractivity contribution in [2.75, 3.05) is 13.2 Å². The molecule has 0 saturated heterocycles. The predicted molar refractivity (Wildman–Crippen MR) is 73.5 cm³/mol. The van der Waals surface area contributed by atoms with Crippen LogP contribution in [0.2, 0.25) is 0 Å². The monoisotopic (exact) mass is 258 g/mol. The Morgan fingerprint density at radius 1 is 1.00 bits per heavy atom. The lowest BCUT2D eigenvalue weighted by Gasteiger charge is -2.21. The van der Waals surface area contributed by atoms with E-state index in [9.17, 15) is 5.11 Å². The van der Waals surface area contributed by atoms with E-state index in [1.165, 1.54) is 5.56 Å². The lowest BCUT2D eigenvalue weighted by atomic mass is 10.2. The van der Waals surface area contributed by atoms with E-state index in [2.05, 4.69) is 9.88 Å². The molecule has 0 aliphatic rings. The average Bonchev–Trinajstić information content (AvgIpc) is 2.43. The molecule has 0 radical (unpaired) electrons. The highest BCUT2D eigenvalue weighted by atomic mass is 16.3. The molecule has 0 aliphatic heterocycles. The number of pyridine rings is 1. The third kappa shape index (κ3) is 4.05. The second-order valence-electron chi connectivity index (χ2n) is 4.39. The van der Waals surface area contributed by atoms with Gasteiger partial charge in [-0.1, -0.05) is 30.3 Å². The van der Waals surface area contributed by atoms with E-state index >= 15 is 0 Å². The molecule has 19 heavy (non-hydrogen) atoms. The maximum atomic E-state index is 9.74. The maximum Gasteiger partial charge on any atom is 0.138 e. The van der Waals surface area contributed by atoms with Gasteiger partial charge in [0.2, 0.25) is 0 Å². The Bertz CT molecular complexity index is 503. The molecule has 0 bridgehead atoms. The Morgan fingerprint density at radius 2 is 1.79 bits per heavy atom. The third-order valence-corrected chi connectivity index (χ3v) is 2.90. The largest absolute Gasteiger partial charge is 0.506 e. The van der Waals surface area contributed by atoms with Crippen LogP contribution in [-0.4, -0.2) is 33.2 Å². The molecule has 0 amide bonds. The number of nitrogens with zero attached hydrogens (tertiary/aromatic N) is 2. The van der Waals surface area contributed by atoms with Crippen LogP contribution < -0.4 is 0 Å². The molecule has 0 atom stereocenters. The van der Waals surface area contributed by atoms with Crippen molar-refractivity contribution in [3.8, 4) is 5.75 Å². The number of hydrogen-bond donors (Lipinski definition) is 2. The fraction of sp³-hybridized carbons (Fsp3) is 0.267. The van der Waals surface area contributed by atoms with Crippen LogP contribution >= 0.6 is 0 Å². The summed E-state index contributed by atoms with van der Waals surface area (Å²) in [7, 11) is 0. The number of aliphatic hydroxyl groups excluding tert-OH is 1. The number of aromatic nitrogens is 1. The molecule has 0 fully saturated rings. The van der Waals surface area contributed by atoms with E-state index in [1.807, 2.05) is 30.3 Å². The molecule has 0 aliphatic carbocycles. The van der Waals surface area contributed by atoms with E-state index < -0.39 is 0 Å². The van der Waals surface area contributed by atoms with Crippen LogP contribution in [0.5, 0.6) is 5.75 Å². The zero-order chi connectivity index (χ0) is 13.5. The van der Waals surface area contributed by atoms with E-state index in [4.69, 9.17) is 5.11 Å². The highest BCUT2D eigenvalue weighted by Gasteiger charge is 2.10. The standard InChI is InChI=1S/C15H18N2O2/c18-10-9-17(11-13-5-2-1-3-6-13)12-14-15(19)7-4-8-16-14/h1-8,18-19H,9-12H2. The average molecular weight is 258 g/mol. The van der Waals surface area contributed by atoms with Crippen molar-refractivity contribution >= 4 is 0 Å². The molecular formula is C15H18N2O2. The SMILES string of the molecule is OCCN(Cc1ccccc1)Cc1ncccc1O. The molecule has 0 spiro atoms. The highest BCUT2D eigenvalue weighted by molar-refractivity contribution is 5.25. The summed E-state index contributed by atoms with van der Waals surface area (Å²) in [6.45, 7) is 1.87. The van der Waals surface area contributed by atoms with E-state index in [-0.39, 0.29) is 12.4 Å². The number of rotatable bonds is 6. The van der Waals surface area contributed by atoms with E-state index in [0.29, 0.717) is 18.8 Å². The summed E-state index contributed by atoms with van der Waals surface area (Å²) in [6.07, 6.45) is 1.66. The number of benzene rings is 1. The van der Waals surface area contributed by atoms with Crippen molar-refractivity contribution in [1.82, 2.24) is 9.88 Å². The molecule has 4 nitrogen and oxygen atoms in total. The molecule has 1 heterocycles. The molecule has 0 unspecified atom stereocenters. The first-order valence-corrected chi connectivity index (χ1v) is 6.29. The van der Waals surface area contributed by atoms with Gasteiger partial charge in [0.05, 0.1) is 12.3 Å². The van der Waals surface area contributed by atoms with Gasteiger partial charge in [0.25, 0.3) is 0 Å². The van der Waals surface area contributed by atoms with Crippen LogP contribution in [0.25, 0.3) is 0 Å². The second-order valence-corrected chi connectivity index (χ2v) is 4.39. The van der Waals surface area contributed by atoms with Crippen LogP contribution in [0.15, 0.2) is 48.7 Å². The Kier molecular flexibility index (Phi) is 4.89. The Balaban J connectivity index is 2.06. The van der Waals surface area contributed by atoms with Crippen LogP contribution in [0, 0.1) is 0 Å². The van der Waals surface area contributed by atoms with Gasteiger partial charge in [0, 0.05) is 25.8 Å². The normalized spacial score (nSPS) is 10.8. The fourth-order valence-corrected chi connectivity index (χ4v) is 1.96. The molecule has 2 N–H and O–H groups in total. The van der Waals surface area contributed by atoms with Crippen LogP contribution in [0.4, 0.5) is 0 Å². The lowest BCUT2D eigenvalue weighted by Crippen LogP contribution is -2.26. The van der Waals surface area contributed by atoms with Gasteiger partial charge in [-0.15, -0.1) is 0 Å². The molecule has 1 aromatic heterocycles. The van der Waals surface area contributed by atoms with Crippen molar-refractivity contribution < 1.29 is 10.2 Å². The number of aromatic hydroxyl groups is 1. The van der Waals surface area contributed by atoms with Gasteiger partial charge in [0.15, 0.2) is 0 Å². The summed E-state index contributed by atoms with van der Waals surface area (Å²) in [5.74, 6) is 0.193. The summed E-state index contributed by atoms with van der Waals surface area (Å²) < 4.78 is 0. The van der Waals surface area contributed by atoms with Gasteiger partial charge in [-0.25, -0.2) is 0 Å².